The Morgan fingerprint density at radius 2 is 1.78 bits per heavy atom. The molecule has 2 unspecified atom stereocenters. The normalized spacial score (nSPS) is 40.8. The lowest BCUT2D eigenvalue weighted by molar-refractivity contribution is -0.147. The average Bonchev–Trinajstić information content (AvgIpc) is 2.58. The molecule has 3 aliphatic rings. The van der Waals surface area contributed by atoms with Crippen LogP contribution in [0.3, 0.4) is 0 Å². The zero-order chi connectivity index (χ0) is 12.1. The number of hydrogen-bond donors (Lipinski definition) is 1. The second-order valence-corrected chi connectivity index (χ2v) is 7.17. The van der Waals surface area contributed by atoms with E-state index in [-0.39, 0.29) is 23.5 Å². The van der Waals surface area contributed by atoms with Gasteiger partial charge in [0, 0.05) is 30.7 Å². The summed E-state index contributed by atoms with van der Waals surface area (Å²) in [4.78, 5) is 2.61. The lowest BCUT2D eigenvalue weighted by Crippen LogP contribution is -2.62. The zero-order valence-electron chi connectivity index (χ0n) is 11.9. The van der Waals surface area contributed by atoms with Crippen LogP contribution in [0, 0.1) is 0 Å². The molecule has 0 aromatic heterocycles. The first-order valence-corrected chi connectivity index (χ1v) is 7.12. The number of piperidine rings is 1. The Morgan fingerprint density at radius 1 is 1.17 bits per heavy atom. The minimum Gasteiger partial charge on any atom is -0.372 e. The van der Waals surface area contributed by atoms with Crippen LogP contribution < -0.4 is 5.32 Å². The van der Waals surface area contributed by atoms with Crippen LogP contribution >= 0.6 is 12.4 Å². The molecule has 2 bridgehead atoms. The van der Waals surface area contributed by atoms with Gasteiger partial charge in [0.15, 0.2) is 0 Å². The maximum atomic E-state index is 6.23. The molecule has 1 spiro atoms. The lowest BCUT2D eigenvalue weighted by atomic mass is 9.84. The molecule has 18 heavy (non-hydrogen) atoms. The number of hydrogen-bond acceptors (Lipinski definition) is 3. The molecule has 1 N–H and O–H groups in total. The van der Waals surface area contributed by atoms with Gasteiger partial charge in [-0.05, 0) is 46.5 Å². The third-order valence-corrected chi connectivity index (χ3v) is 4.77. The van der Waals surface area contributed by atoms with Crippen molar-refractivity contribution in [2.75, 3.05) is 19.7 Å². The fraction of sp³-hybridized carbons (Fsp3) is 1.00. The maximum Gasteiger partial charge on any atom is 0.0839 e. The van der Waals surface area contributed by atoms with Gasteiger partial charge in [-0.25, -0.2) is 0 Å². The minimum atomic E-state index is 0. The molecule has 0 saturated carbocycles. The number of halogens is 1. The molecule has 3 saturated heterocycles. The topological polar surface area (TPSA) is 24.5 Å². The van der Waals surface area contributed by atoms with E-state index in [1.807, 2.05) is 0 Å². The van der Waals surface area contributed by atoms with Crippen LogP contribution in [0.25, 0.3) is 0 Å². The molecular formula is C14H27ClN2O. The first-order chi connectivity index (χ1) is 7.97. The van der Waals surface area contributed by atoms with Crippen LogP contribution in [0.1, 0.15) is 46.5 Å². The van der Waals surface area contributed by atoms with E-state index >= 15 is 0 Å². The average molecular weight is 275 g/mol. The van der Waals surface area contributed by atoms with Crippen LogP contribution in [0.2, 0.25) is 0 Å². The summed E-state index contributed by atoms with van der Waals surface area (Å²) in [6, 6.07) is 1.43. The highest BCUT2D eigenvalue weighted by molar-refractivity contribution is 5.85. The smallest absolute Gasteiger partial charge is 0.0839 e. The zero-order valence-corrected chi connectivity index (χ0v) is 12.7. The Balaban J connectivity index is 0.00000120. The van der Waals surface area contributed by atoms with Crippen molar-refractivity contribution in [3.8, 4) is 0 Å². The van der Waals surface area contributed by atoms with Gasteiger partial charge in [-0.15, -0.1) is 12.4 Å². The molecule has 3 aliphatic heterocycles. The highest BCUT2D eigenvalue weighted by Gasteiger charge is 2.48. The van der Waals surface area contributed by atoms with Gasteiger partial charge in [0.2, 0.25) is 0 Å². The summed E-state index contributed by atoms with van der Waals surface area (Å²) < 4.78 is 6.23. The van der Waals surface area contributed by atoms with Crippen molar-refractivity contribution in [2.24, 2.45) is 0 Å². The van der Waals surface area contributed by atoms with Crippen molar-refractivity contribution in [3.63, 3.8) is 0 Å². The molecule has 0 aromatic rings. The second-order valence-electron chi connectivity index (χ2n) is 7.17. The van der Waals surface area contributed by atoms with E-state index in [1.54, 1.807) is 0 Å². The van der Waals surface area contributed by atoms with E-state index in [0.29, 0.717) is 12.1 Å². The van der Waals surface area contributed by atoms with Gasteiger partial charge in [0.1, 0.15) is 0 Å². The van der Waals surface area contributed by atoms with E-state index in [4.69, 9.17) is 4.74 Å². The van der Waals surface area contributed by atoms with Crippen molar-refractivity contribution in [1.82, 2.24) is 10.2 Å². The van der Waals surface area contributed by atoms with Gasteiger partial charge in [0.05, 0.1) is 12.2 Å². The maximum absolute atomic E-state index is 6.23. The Bertz CT molecular complexity index is 291. The van der Waals surface area contributed by atoms with E-state index in [1.165, 1.54) is 25.7 Å². The summed E-state index contributed by atoms with van der Waals surface area (Å²) in [5, 5.41) is 3.72. The first kappa shape index (κ1) is 14.6. The summed E-state index contributed by atoms with van der Waals surface area (Å²) in [5.41, 5.74) is 0.434. The van der Waals surface area contributed by atoms with Gasteiger partial charge in [-0.3, -0.25) is 4.90 Å². The summed E-state index contributed by atoms with van der Waals surface area (Å²) in [5.74, 6) is 0. The minimum absolute atomic E-state index is 0. The Kier molecular flexibility index (Phi) is 3.99. The molecule has 4 heteroatoms. The number of morpholine rings is 1. The van der Waals surface area contributed by atoms with Gasteiger partial charge in [-0.1, -0.05) is 0 Å². The van der Waals surface area contributed by atoms with E-state index in [0.717, 1.165) is 19.7 Å². The molecule has 3 rings (SSSR count). The monoisotopic (exact) mass is 274 g/mol. The quantitative estimate of drug-likeness (QED) is 0.733. The van der Waals surface area contributed by atoms with E-state index in [9.17, 15) is 0 Å². The van der Waals surface area contributed by atoms with Gasteiger partial charge < -0.3 is 10.1 Å². The molecule has 2 atom stereocenters. The van der Waals surface area contributed by atoms with Crippen molar-refractivity contribution in [2.45, 2.75) is 69.7 Å². The molecule has 0 aliphatic carbocycles. The molecule has 0 aromatic carbocycles. The van der Waals surface area contributed by atoms with Crippen molar-refractivity contribution >= 4 is 12.4 Å². The van der Waals surface area contributed by atoms with Crippen molar-refractivity contribution in [1.29, 1.82) is 0 Å². The largest absolute Gasteiger partial charge is 0.372 e. The van der Waals surface area contributed by atoms with Gasteiger partial charge >= 0.3 is 0 Å². The predicted octanol–water partition coefficient (Wildman–Crippen LogP) is 2.19. The number of fused-ring (bicyclic) bond motifs is 2. The number of ether oxygens (including phenoxy) is 1. The summed E-state index contributed by atoms with van der Waals surface area (Å²) >= 11 is 0. The summed E-state index contributed by atoms with van der Waals surface area (Å²) in [7, 11) is 0. The van der Waals surface area contributed by atoms with Crippen LogP contribution in [-0.2, 0) is 4.74 Å². The number of nitrogens with one attached hydrogen (secondary N) is 1. The SMILES string of the molecule is CC(C)(C)N1CCOC2(CC3CCC(C2)N3)C1.Cl. The highest BCUT2D eigenvalue weighted by atomic mass is 35.5. The summed E-state index contributed by atoms with van der Waals surface area (Å²) in [6.07, 6.45) is 5.14. The van der Waals surface area contributed by atoms with E-state index in [2.05, 4.69) is 31.0 Å². The lowest BCUT2D eigenvalue weighted by Gasteiger charge is -2.51. The molecular weight excluding hydrogens is 248 g/mol. The molecule has 3 nitrogen and oxygen atoms in total. The Hall–Kier alpha value is 0.170. The molecule has 0 radical (unpaired) electrons. The molecule has 106 valence electrons. The van der Waals surface area contributed by atoms with Gasteiger partial charge in [0.25, 0.3) is 0 Å². The molecule has 3 fully saturated rings. The predicted molar refractivity (Wildman–Crippen MR) is 76.4 cm³/mol. The van der Waals surface area contributed by atoms with Gasteiger partial charge in [-0.2, -0.15) is 0 Å². The fourth-order valence-electron chi connectivity index (χ4n) is 3.87. The van der Waals surface area contributed by atoms with Crippen molar-refractivity contribution in [3.05, 3.63) is 0 Å². The standard InChI is InChI=1S/C14H26N2O.ClH/c1-13(2,3)16-6-7-17-14(10-16)8-11-4-5-12(9-14)15-11;/h11-12,15H,4-10H2,1-3H3;1H. The van der Waals surface area contributed by atoms with Crippen LogP contribution in [0.15, 0.2) is 0 Å². The van der Waals surface area contributed by atoms with Crippen LogP contribution in [0.5, 0.6) is 0 Å². The first-order valence-electron chi connectivity index (χ1n) is 7.12. The number of rotatable bonds is 0. The number of nitrogens with zero attached hydrogens (tertiary/aromatic N) is 1. The molecule has 0 amide bonds. The summed E-state index contributed by atoms with van der Waals surface area (Å²) in [6.45, 7) is 10.1. The van der Waals surface area contributed by atoms with Crippen LogP contribution in [0.4, 0.5) is 0 Å². The highest BCUT2D eigenvalue weighted by Crippen LogP contribution is 2.39. The third kappa shape index (κ3) is 2.69. The fourth-order valence-corrected chi connectivity index (χ4v) is 3.87. The Labute approximate surface area is 117 Å². The molecule has 3 heterocycles. The third-order valence-electron chi connectivity index (χ3n) is 4.77. The second kappa shape index (κ2) is 4.93. The van der Waals surface area contributed by atoms with Crippen LogP contribution in [-0.4, -0.2) is 47.8 Å². The van der Waals surface area contributed by atoms with Crippen molar-refractivity contribution < 1.29 is 4.74 Å². The Morgan fingerprint density at radius 3 is 2.33 bits per heavy atom. The van der Waals surface area contributed by atoms with E-state index < -0.39 is 0 Å².